The van der Waals surface area contributed by atoms with Crippen LogP contribution in [0.3, 0.4) is 0 Å². The number of nitrogen functional groups attached to an aromatic ring is 1. The lowest BCUT2D eigenvalue weighted by molar-refractivity contribution is 0.0956. The highest BCUT2D eigenvalue weighted by Gasteiger charge is 2.11. The van der Waals surface area contributed by atoms with E-state index in [1.165, 1.54) is 0 Å². The van der Waals surface area contributed by atoms with E-state index in [9.17, 15) is 4.79 Å². The number of amides is 1. The maximum Gasteiger partial charge on any atom is 0.253 e. The third-order valence-corrected chi connectivity index (χ3v) is 3.69. The van der Waals surface area contributed by atoms with E-state index in [0.717, 1.165) is 16.4 Å². The molecule has 1 amide bonds. The number of thiazole rings is 1. The average molecular weight is 290 g/mol. The number of carbonyl (C=O) groups excluding carboxylic acids is 1. The van der Waals surface area contributed by atoms with Gasteiger partial charge in [-0.25, -0.2) is 4.98 Å². The minimum atomic E-state index is -0.106. The summed E-state index contributed by atoms with van der Waals surface area (Å²) in [6, 6.07) is 5.23. The number of aromatic nitrogens is 1. The van der Waals surface area contributed by atoms with Crippen molar-refractivity contribution in [1.29, 1.82) is 0 Å². The Hall–Kier alpha value is -2.08. The van der Waals surface area contributed by atoms with Gasteiger partial charge in [-0.3, -0.25) is 4.79 Å². The Bertz CT molecular complexity index is 609. The molecule has 0 aliphatic heterocycles. The number of anilines is 2. The minimum Gasteiger partial charge on any atom is -0.399 e. The van der Waals surface area contributed by atoms with Crippen LogP contribution in [0.2, 0.25) is 0 Å². The molecule has 0 saturated carbocycles. The van der Waals surface area contributed by atoms with Crippen molar-refractivity contribution >= 4 is 28.6 Å². The largest absolute Gasteiger partial charge is 0.399 e. The normalized spacial score (nSPS) is 10.3. The van der Waals surface area contributed by atoms with Gasteiger partial charge in [-0.2, -0.15) is 0 Å². The molecule has 5 nitrogen and oxygen atoms in total. The lowest BCUT2D eigenvalue weighted by Crippen LogP contribution is -2.23. The van der Waals surface area contributed by atoms with Crippen LogP contribution >= 0.6 is 11.3 Å². The van der Waals surface area contributed by atoms with Gasteiger partial charge in [0.15, 0.2) is 0 Å². The lowest BCUT2D eigenvalue weighted by Gasteiger charge is -2.11. The van der Waals surface area contributed by atoms with E-state index in [1.807, 2.05) is 19.2 Å². The van der Waals surface area contributed by atoms with Crippen LogP contribution in [0.1, 0.15) is 28.0 Å². The van der Waals surface area contributed by atoms with Crippen molar-refractivity contribution in [2.75, 3.05) is 17.6 Å². The topological polar surface area (TPSA) is 80.0 Å². The monoisotopic (exact) mass is 290 g/mol. The zero-order valence-electron chi connectivity index (χ0n) is 11.6. The molecule has 106 valence electrons. The number of nitrogens with two attached hydrogens (primary N) is 1. The summed E-state index contributed by atoms with van der Waals surface area (Å²) < 4.78 is 0. The predicted octanol–water partition coefficient (Wildman–Crippen LogP) is 2.40. The van der Waals surface area contributed by atoms with Gasteiger partial charge in [0.2, 0.25) is 0 Å². The van der Waals surface area contributed by atoms with Gasteiger partial charge >= 0.3 is 0 Å². The lowest BCUT2D eigenvalue weighted by atomic mass is 10.1. The number of nitrogens with one attached hydrogen (secondary N) is 2. The predicted molar refractivity (Wildman–Crippen MR) is 83.0 cm³/mol. The van der Waals surface area contributed by atoms with Crippen molar-refractivity contribution in [1.82, 2.24) is 10.3 Å². The van der Waals surface area contributed by atoms with Crippen molar-refractivity contribution in [3.8, 4) is 0 Å². The van der Waals surface area contributed by atoms with Gasteiger partial charge in [-0.1, -0.05) is 0 Å². The Morgan fingerprint density at radius 3 is 2.90 bits per heavy atom. The molecule has 0 spiro atoms. The molecule has 0 fully saturated rings. The number of benzene rings is 1. The van der Waals surface area contributed by atoms with Gasteiger partial charge < -0.3 is 16.4 Å². The fraction of sp³-hybridized carbons (Fsp3) is 0.286. The van der Waals surface area contributed by atoms with Crippen LogP contribution in [0.5, 0.6) is 0 Å². The third kappa shape index (κ3) is 3.48. The van der Waals surface area contributed by atoms with Crippen LogP contribution in [-0.2, 0) is 6.54 Å². The molecule has 0 aliphatic carbocycles. The van der Waals surface area contributed by atoms with Crippen LogP contribution in [0, 0.1) is 6.92 Å². The summed E-state index contributed by atoms with van der Waals surface area (Å²) in [4.78, 5) is 16.4. The van der Waals surface area contributed by atoms with Gasteiger partial charge in [0.1, 0.15) is 5.01 Å². The molecule has 0 aliphatic rings. The second-order valence-electron chi connectivity index (χ2n) is 4.40. The molecule has 0 unspecified atom stereocenters. The zero-order valence-corrected chi connectivity index (χ0v) is 12.4. The van der Waals surface area contributed by atoms with E-state index in [2.05, 4.69) is 15.6 Å². The fourth-order valence-electron chi connectivity index (χ4n) is 1.82. The Labute approximate surface area is 122 Å². The molecule has 1 aromatic carbocycles. The molecule has 2 rings (SSSR count). The number of aryl methyl sites for hydroxylation is 1. The molecule has 6 heteroatoms. The molecule has 1 aromatic heterocycles. The molecule has 0 atom stereocenters. The van der Waals surface area contributed by atoms with E-state index in [1.54, 1.807) is 29.5 Å². The van der Waals surface area contributed by atoms with Crippen molar-refractivity contribution < 1.29 is 4.79 Å². The Morgan fingerprint density at radius 2 is 2.25 bits per heavy atom. The van der Waals surface area contributed by atoms with Crippen LogP contribution in [0.25, 0.3) is 0 Å². The van der Waals surface area contributed by atoms with E-state index >= 15 is 0 Å². The highest BCUT2D eigenvalue weighted by Crippen LogP contribution is 2.21. The fourth-order valence-corrected chi connectivity index (χ4v) is 2.53. The number of hydrogen-bond acceptors (Lipinski definition) is 5. The minimum absolute atomic E-state index is 0.106. The Morgan fingerprint density at radius 1 is 1.45 bits per heavy atom. The molecule has 0 radical (unpaired) electrons. The number of rotatable bonds is 5. The van der Waals surface area contributed by atoms with Crippen molar-refractivity contribution in [2.45, 2.75) is 20.4 Å². The first-order valence-corrected chi connectivity index (χ1v) is 7.30. The Kier molecular flexibility index (Phi) is 4.57. The SMILES string of the molecule is CCNC(=O)c1ccc(N)cc1NCc1nc(C)cs1. The quantitative estimate of drug-likeness (QED) is 0.739. The average Bonchev–Trinajstić information content (AvgIpc) is 2.82. The number of nitrogens with zero attached hydrogens (tertiary/aromatic N) is 1. The summed E-state index contributed by atoms with van der Waals surface area (Å²) in [6.45, 7) is 5.02. The van der Waals surface area contributed by atoms with E-state index < -0.39 is 0 Å². The number of hydrogen-bond donors (Lipinski definition) is 3. The second kappa shape index (κ2) is 6.38. The molecule has 1 heterocycles. The highest BCUT2D eigenvalue weighted by atomic mass is 32.1. The number of carbonyl (C=O) groups is 1. The van der Waals surface area contributed by atoms with E-state index in [4.69, 9.17) is 5.73 Å². The standard InChI is InChI=1S/C14H18N4OS/c1-3-16-14(19)11-5-4-10(15)6-12(11)17-7-13-18-9(2)8-20-13/h4-6,8,17H,3,7,15H2,1-2H3,(H,16,19). The first-order valence-electron chi connectivity index (χ1n) is 6.42. The van der Waals surface area contributed by atoms with Gasteiger partial charge in [0.25, 0.3) is 5.91 Å². The molecule has 4 N–H and O–H groups in total. The van der Waals surface area contributed by atoms with Gasteiger partial charge in [-0.05, 0) is 32.0 Å². The zero-order chi connectivity index (χ0) is 14.5. The van der Waals surface area contributed by atoms with Crippen molar-refractivity contribution in [3.63, 3.8) is 0 Å². The molecular weight excluding hydrogens is 272 g/mol. The van der Waals surface area contributed by atoms with E-state index in [-0.39, 0.29) is 5.91 Å². The first-order chi connectivity index (χ1) is 9.60. The highest BCUT2D eigenvalue weighted by molar-refractivity contribution is 7.09. The summed E-state index contributed by atoms with van der Waals surface area (Å²) in [5, 5.41) is 9.00. The van der Waals surface area contributed by atoms with Crippen molar-refractivity contribution in [3.05, 3.63) is 39.8 Å². The van der Waals surface area contributed by atoms with Crippen LogP contribution in [-0.4, -0.2) is 17.4 Å². The summed E-state index contributed by atoms with van der Waals surface area (Å²) >= 11 is 1.59. The van der Waals surface area contributed by atoms with Gasteiger partial charge in [0.05, 0.1) is 12.1 Å². The summed E-state index contributed by atoms with van der Waals surface area (Å²) in [5.74, 6) is -0.106. The molecule has 2 aromatic rings. The second-order valence-corrected chi connectivity index (χ2v) is 5.34. The molecule has 20 heavy (non-hydrogen) atoms. The van der Waals surface area contributed by atoms with Crippen LogP contribution in [0.15, 0.2) is 23.6 Å². The van der Waals surface area contributed by atoms with Gasteiger partial charge in [-0.15, -0.1) is 11.3 Å². The Balaban J connectivity index is 2.16. The molecular formula is C14H18N4OS. The summed E-state index contributed by atoms with van der Waals surface area (Å²) in [7, 11) is 0. The van der Waals surface area contributed by atoms with Crippen LogP contribution in [0.4, 0.5) is 11.4 Å². The van der Waals surface area contributed by atoms with E-state index in [0.29, 0.717) is 24.3 Å². The van der Waals surface area contributed by atoms with Gasteiger partial charge in [0, 0.05) is 29.0 Å². The third-order valence-electron chi connectivity index (χ3n) is 2.72. The maximum atomic E-state index is 12.0. The smallest absolute Gasteiger partial charge is 0.253 e. The van der Waals surface area contributed by atoms with Crippen molar-refractivity contribution in [2.24, 2.45) is 0 Å². The molecule has 0 saturated heterocycles. The summed E-state index contributed by atoms with van der Waals surface area (Å²) in [6.07, 6.45) is 0. The summed E-state index contributed by atoms with van der Waals surface area (Å²) in [5.41, 5.74) is 8.73. The molecule has 0 bridgehead atoms. The maximum absolute atomic E-state index is 12.0. The first kappa shape index (κ1) is 14.3. The van der Waals surface area contributed by atoms with Crippen LogP contribution < -0.4 is 16.4 Å².